The van der Waals surface area contributed by atoms with E-state index in [4.69, 9.17) is 33.2 Å². The van der Waals surface area contributed by atoms with Crippen LogP contribution in [0, 0.1) is 0 Å². The maximum absolute atomic E-state index is 14.0. The smallest absolute Gasteiger partial charge is 0.413 e. The lowest BCUT2D eigenvalue weighted by Gasteiger charge is -2.42. The van der Waals surface area contributed by atoms with E-state index in [1.165, 1.54) is 68.7 Å². The highest BCUT2D eigenvalue weighted by atomic mass is 16.7. The summed E-state index contributed by atoms with van der Waals surface area (Å²) in [5.74, 6) is -5.74. The maximum atomic E-state index is 14.0. The van der Waals surface area contributed by atoms with Gasteiger partial charge < -0.3 is 69.3 Å². The molecule has 3 aromatic rings. The first-order valence-corrected chi connectivity index (χ1v) is 21.2. The molecule has 0 saturated carbocycles. The van der Waals surface area contributed by atoms with Crippen LogP contribution in [0.2, 0.25) is 0 Å². The Morgan fingerprint density at radius 3 is 2.29 bits per heavy atom. The lowest BCUT2D eigenvalue weighted by molar-refractivity contribution is -0.249. The Balaban J connectivity index is 1.11. The van der Waals surface area contributed by atoms with Gasteiger partial charge in [0.15, 0.2) is 17.9 Å². The number of benzene rings is 3. The first-order valence-electron chi connectivity index (χ1n) is 21.2. The van der Waals surface area contributed by atoms with Crippen LogP contribution in [-0.4, -0.2) is 130 Å². The number of aliphatic hydroxyl groups excluding tert-OH is 2. The van der Waals surface area contributed by atoms with Crippen molar-refractivity contribution >= 4 is 41.5 Å². The fourth-order valence-corrected chi connectivity index (χ4v) is 8.11. The number of hydrogen-bond acceptors (Lipinski definition) is 19. The van der Waals surface area contributed by atoms with Crippen molar-refractivity contribution in [3.05, 3.63) is 107 Å². The molecule has 3 aromatic carbocycles. The topological polar surface area (TPSA) is 309 Å². The number of ketones is 3. The van der Waals surface area contributed by atoms with Gasteiger partial charge in [-0.05, 0) is 37.1 Å². The molecule has 0 bridgehead atoms. The summed E-state index contributed by atoms with van der Waals surface area (Å²) in [7, 11) is 1.28. The molecular formula is C47H50N2O19. The molecule has 362 valence electrons. The predicted octanol–water partition coefficient (Wildman–Crippen LogP) is 2.66. The number of aliphatic hydroxyl groups is 3. The molecule has 1 saturated heterocycles. The molecular weight excluding hydrogens is 897 g/mol. The van der Waals surface area contributed by atoms with E-state index in [0.29, 0.717) is 5.56 Å². The number of aromatic hydroxyl groups is 2. The first-order chi connectivity index (χ1) is 32.4. The summed E-state index contributed by atoms with van der Waals surface area (Å²) in [4.78, 5) is 91.0. The number of phenolic OH excluding ortho intramolecular Hbond substituents is 2. The summed E-state index contributed by atoms with van der Waals surface area (Å²) in [6.45, 7) is 6.80. The van der Waals surface area contributed by atoms with Crippen LogP contribution in [0.1, 0.15) is 87.2 Å². The van der Waals surface area contributed by atoms with Crippen molar-refractivity contribution in [2.45, 2.75) is 87.9 Å². The van der Waals surface area contributed by atoms with Crippen LogP contribution >= 0.6 is 0 Å². The lowest BCUT2D eigenvalue weighted by Crippen LogP contribution is -2.56. The van der Waals surface area contributed by atoms with Crippen LogP contribution in [0.4, 0.5) is 9.59 Å². The number of nitrogens with one attached hydrogen (secondary N) is 2. The number of ether oxygens (including phenoxy) is 7. The molecule has 0 aromatic heterocycles. The lowest BCUT2D eigenvalue weighted by atomic mass is 9.72. The summed E-state index contributed by atoms with van der Waals surface area (Å²) >= 11 is 0. The number of carbonyl (C=O) groups is 7. The van der Waals surface area contributed by atoms with Gasteiger partial charge in [0.25, 0.3) is 0 Å². The van der Waals surface area contributed by atoms with Gasteiger partial charge in [0.05, 0.1) is 42.0 Å². The van der Waals surface area contributed by atoms with Gasteiger partial charge in [-0.3, -0.25) is 19.2 Å². The van der Waals surface area contributed by atoms with Crippen LogP contribution in [0.25, 0.3) is 0 Å². The normalized spacial score (nSPS) is 21.9. The maximum Gasteiger partial charge on any atom is 0.413 e. The Bertz CT molecular complexity index is 2490. The van der Waals surface area contributed by atoms with Gasteiger partial charge in [0, 0.05) is 42.4 Å². The predicted molar refractivity (Wildman–Crippen MR) is 232 cm³/mol. The zero-order valence-corrected chi connectivity index (χ0v) is 36.9. The molecule has 1 fully saturated rings. The van der Waals surface area contributed by atoms with Gasteiger partial charge in [0.1, 0.15) is 67.2 Å². The van der Waals surface area contributed by atoms with Crippen LogP contribution in [0.15, 0.2) is 67.8 Å². The third kappa shape index (κ3) is 10.8. The van der Waals surface area contributed by atoms with Gasteiger partial charge in [-0.2, -0.15) is 0 Å². The van der Waals surface area contributed by atoms with Crippen LogP contribution in [-0.2, 0) is 51.1 Å². The highest BCUT2D eigenvalue weighted by Gasteiger charge is 2.50. The van der Waals surface area contributed by atoms with E-state index in [9.17, 15) is 59.1 Å². The number of fused-ring (bicyclic) bond motifs is 3. The molecule has 1 heterocycles. The molecule has 6 rings (SSSR count). The van der Waals surface area contributed by atoms with Crippen molar-refractivity contribution in [3.8, 4) is 23.0 Å². The second kappa shape index (κ2) is 21.6. The highest BCUT2D eigenvalue weighted by molar-refractivity contribution is 6.31. The molecule has 2 amide bonds. The van der Waals surface area contributed by atoms with Gasteiger partial charge in [-0.15, -0.1) is 0 Å². The third-order valence-corrected chi connectivity index (χ3v) is 11.5. The average molecular weight is 947 g/mol. The number of esters is 2. The minimum Gasteiger partial charge on any atom is -0.507 e. The monoisotopic (exact) mass is 946 g/mol. The molecule has 0 unspecified atom stereocenters. The van der Waals surface area contributed by atoms with E-state index in [1.54, 1.807) is 0 Å². The zero-order chi connectivity index (χ0) is 49.4. The summed E-state index contributed by atoms with van der Waals surface area (Å²) in [6.07, 6.45) is -6.52. The second-order valence-electron chi connectivity index (χ2n) is 16.0. The van der Waals surface area contributed by atoms with Gasteiger partial charge in [0.2, 0.25) is 5.78 Å². The number of alkyl carbamates (subject to hydrolysis) is 1. The van der Waals surface area contributed by atoms with Crippen molar-refractivity contribution in [3.63, 3.8) is 0 Å². The Labute approximate surface area is 388 Å². The van der Waals surface area contributed by atoms with Crippen LogP contribution in [0.5, 0.6) is 23.0 Å². The fraction of sp³-hybridized carbons (Fsp3) is 0.383. The van der Waals surface area contributed by atoms with Crippen molar-refractivity contribution < 1.29 is 92.3 Å². The molecule has 21 heteroatoms. The molecule has 7 N–H and O–H groups in total. The van der Waals surface area contributed by atoms with Crippen LogP contribution in [0.3, 0.4) is 0 Å². The molecule has 7 atom stereocenters. The van der Waals surface area contributed by atoms with Gasteiger partial charge in [-0.25, -0.2) is 14.4 Å². The number of Topliss-reactive ketones (excluding diaryl/α,β-unsaturated/α-hetero) is 1. The first kappa shape index (κ1) is 50.2. The number of carbonyl (C=O) groups excluding carboxylic acids is 7. The number of rotatable bonds is 18. The minimum atomic E-state index is -2.40. The van der Waals surface area contributed by atoms with E-state index >= 15 is 0 Å². The molecule has 68 heavy (non-hydrogen) atoms. The fourth-order valence-electron chi connectivity index (χ4n) is 8.11. The largest absolute Gasteiger partial charge is 0.507 e. The Morgan fingerprint density at radius 2 is 1.62 bits per heavy atom. The molecule has 1 aliphatic heterocycles. The standard InChI is InChI=1S/C47H50N2O19/c1-5-16-63-33(52)15-14-28(44(58)64-17-6-2)48-46(60)67-25-12-10-24(11-13-25)22-65-45(59)49-29-18-34(66-23(3)39(29)53)68-31-20-47(61,32(51)21-50)19-27-36(31)43(57)38-37(41(27)55)40(54)26-8-7-9-30(62-4)35(26)42(38)56/h5-13,23,28-29,31,34,39,50,53,55,57,61H,1-2,14-22H2,3-4H3,(H,48,60)(H,49,59)/t23-,28-,29-,31-,34-,39+,47-/m0/s1. The molecule has 21 nitrogen and oxygen atoms in total. The quantitative estimate of drug-likeness (QED) is 0.0326. The number of hydrogen-bond donors (Lipinski definition) is 7. The van der Waals surface area contributed by atoms with Crippen molar-refractivity contribution in [2.24, 2.45) is 0 Å². The van der Waals surface area contributed by atoms with E-state index in [1.807, 2.05) is 0 Å². The van der Waals surface area contributed by atoms with Crippen molar-refractivity contribution in [1.29, 1.82) is 0 Å². The summed E-state index contributed by atoms with van der Waals surface area (Å²) in [5, 5.41) is 60.8. The second-order valence-corrected chi connectivity index (χ2v) is 16.0. The van der Waals surface area contributed by atoms with Crippen molar-refractivity contribution in [1.82, 2.24) is 10.6 Å². The summed E-state index contributed by atoms with van der Waals surface area (Å²) < 4.78 is 38.0. The van der Waals surface area contributed by atoms with Gasteiger partial charge >= 0.3 is 24.1 Å². The summed E-state index contributed by atoms with van der Waals surface area (Å²) in [5.41, 5.74) is -3.94. The molecule has 0 radical (unpaired) electrons. The van der Waals surface area contributed by atoms with E-state index < -0.39 is 126 Å². The number of phenols is 2. The Kier molecular flexibility index (Phi) is 16.0. The molecule has 3 aliphatic rings. The Morgan fingerprint density at radius 1 is 0.926 bits per heavy atom. The summed E-state index contributed by atoms with van der Waals surface area (Å²) in [6, 6.07) is 7.60. The van der Waals surface area contributed by atoms with E-state index in [2.05, 4.69) is 23.8 Å². The SMILES string of the molecule is C=CCOC(=O)CC[C@H](NC(=O)Oc1ccc(COC(=O)N[C@H]2C[C@H](O[C@H]3C[C@](O)(C(=O)CO)Cc4c(O)c5c(c(O)c43)C(=O)c3c(OC)cccc3C5=O)O[C@@H](C)[C@H]2O)cc1)C(=O)OCC=C. The Hall–Kier alpha value is -7.17. The highest BCUT2D eigenvalue weighted by Crippen LogP contribution is 2.52. The average Bonchev–Trinajstić information content (AvgIpc) is 3.32. The molecule has 0 spiro atoms. The third-order valence-electron chi connectivity index (χ3n) is 11.5. The van der Waals surface area contributed by atoms with E-state index in [-0.39, 0.29) is 72.8 Å². The number of amides is 2. The van der Waals surface area contributed by atoms with Crippen molar-refractivity contribution in [2.75, 3.05) is 26.9 Å². The zero-order valence-electron chi connectivity index (χ0n) is 36.9. The van der Waals surface area contributed by atoms with Crippen LogP contribution < -0.4 is 20.1 Å². The number of methoxy groups -OCH3 is 1. The van der Waals surface area contributed by atoms with Gasteiger partial charge in [-0.1, -0.05) is 49.6 Å². The molecule has 2 aliphatic carbocycles. The minimum absolute atomic E-state index is 0.0273. The van der Waals surface area contributed by atoms with E-state index in [0.717, 1.165) is 0 Å².